The largest absolute Gasteiger partial charge is 0.299 e. The summed E-state index contributed by atoms with van der Waals surface area (Å²) in [4.78, 5) is 4.19. The van der Waals surface area contributed by atoms with Crippen LogP contribution in [0.15, 0.2) is 47.2 Å². The van der Waals surface area contributed by atoms with Crippen molar-refractivity contribution in [2.75, 3.05) is 0 Å². The number of rotatable bonds is 1. The Bertz CT molecular complexity index is 737. The molecule has 0 atom stereocenters. The Labute approximate surface area is 110 Å². The second-order valence-electron chi connectivity index (χ2n) is 3.79. The average Bonchev–Trinajstić information content (AvgIpc) is 2.78. The van der Waals surface area contributed by atoms with Crippen LogP contribution in [0.4, 0.5) is 8.78 Å². The Morgan fingerprint density at radius 3 is 2.78 bits per heavy atom. The summed E-state index contributed by atoms with van der Waals surface area (Å²) in [5.74, 6) is -1.73. The highest BCUT2D eigenvalue weighted by Crippen LogP contribution is 2.27. The van der Waals surface area contributed by atoms with E-state index in [1.165, 1.54) is 18.3 Å². The van der Waals surface area contributed by atoms with E-state index in [1.807, 2.05) is 6.07 Å². The molecule has 0 amide bonds. The van der Waals surface area contributed by atoms with Crippen LogP contribution in [0.5, 0.6) is 0 Å². The van der Waals surface area contributed by atoms with Gasteiger partial charge in [0.25, 0.3) is 0 Å². The van der Waals surface area contributed by atoms with Crippen molar-refractivity contribution < 1.29 is 8.78 Å². The second-order valence-corrected chi connectivity index (χ2v) is 4.65. The summed E-state index contributed by atoms with van der Waals surface area (Å²) in [5.41, 5.74) is 1.38. The van der Waals surface area contributed by atoms with Gasteiger partial charge in [-0.1, -0.05) is 6.07 Å². The number of benzene rings is 1. The van der Waals surface area contributed by atoms with E-state index in [1.54, 1.807) is 16.7 Å². The van der Waals surface area contributed by atoms with Gasteiger partial charge in [-0.25, -0.2) is 13.8 Å². The number of nitrogens with zero attached hydrogens (tertiary/aromatic N) is 2. The molecule has 5 heteroatoms. The Kier molecular flexibility index (Phi) is 2.63. The molecular weight excluding hydrogens is 302 g/mol. The first-order chi connectivity index (χ1) is 8.68. The smallest absolute Gasteiger partial charge is 0.168 e. The molecule has 3 aromatic rings. The van der Waals surface area contributed by atoms with Gasteiger partial charge in [0.15, 0.2) is 17.3 Å². The Balaban J connectivity index is 2.33. The number of pyridine rings is 1. The predicted octanol–water partition coefficient (Wildman–Crippen LogP) is 4.04. The lowest BCUT2D eigenvalue weighted by Gasteiger charge is -2.04. The van der Waals surface area contributed by atoms with Crippen LogP contribution in [0.3, 0.4) is 0 Å². The van der Waals surface area contributed by atoms with Crippen LogP contribution in [0.25, 0.3) is 16.9 Å². The third-order valence-corrected chi connectivity index (χ3v) is 3.33. The molecule has 0 N–H and O–H groups in total. The SMILES string of the molecule is Fc1cccc(-c2cnc3c(Br)cccn23)c1F. The van der Waals surface area contributed by atoms with Gasteiger partial charge in [-0.15, -0.1) is 0 Å². The predicted molar refractivity (Wildman–Crippen MR) is 68.2 cm³/mol. The molecule has 0 saturated carbocycles. The molecule has 0 aliphatic rings. The standard InChI is InChI=1S/C13H7BrF2N2/c14-9-4-2-6-18-11(7-17-13(9)18)8-3-1-5-10(15)12(8)16/h1-7H. The number of aromatic nitrogens is 2. The highest BCUT2D eigenvalue weighted by atomic mass is 79.9. The van der Waals surface area contributed by atoms with Gasteiger partial charge in [0.1, 0.15) is 0 Å². The topological polar surface area (TPSA) is 17.3 Å². The van der Waals surface area contributed by atoms with Gasteiger partial charge in [0.05, 0.1) is 16.4 Å². The van der Waals surface area contributed by atoms with E-state index in [4.69, 9.17) is 0 Å². The van der Waals surface area contributed by atoms with Crippen molar-refractivity contribution in [3.8, 4) is 11.3 Å². The maximum atomic E-state index is 13.8. The maximum Gasteiger partial charge on any atom is 0.168 e. The first-order valence-corrected chi connectivity index (χ1v) is 6.04. The summed E-state index contributed by atoms with van der Waals surface area (Å²) in [6, 6.07) is 7.75. The lowest BCUT2D eigenvalue weighted by molar-refractivity contribution is 0.511. The molecule has 0 fully saturated rings. The molecule has 0 unspecified atom stereocenters. The van der Waals surface area contributed by atoms with Crippen LogP contribution in [0.2, 0.25) is 0 Å². The number of imidazole rings is 1. The van der Waals surface area contributed by atoms with Gasteiger partial charge in [-0.3, -0.25) is 4.40 Å². The molecular formula is C13H7BrF2N2. The fourth-order valence-electron chi connectivity index (χ4n) is 1.88. The van der Waals surface area contributed by atoms with E-state index in [2.05, 4.69) is 20.9 Å². The summed E-state index contributed by atoms with van der Waals surface area (Å²) < 4.78 is 29.5. The molecule has 0 aliphatic carbocycles. The third-order valence-electron chi connectivity index (χ3n) is 2.72. The van der Waals surface area contributed by atoms with Gasteiger partial charge in [0, 0.05) is 11.8 Å². The van der Waals surface area contributed by atoms with Crippen molar-refractivity contribution in [3.63, 3.8) is 0 Å². The zero-order valence-corrected chi connectivity index (χ0v) is 10.7. The molecule has 2 heterocycles. The first kappa shape index (κ1) is 11.3. The molecule has 0 aliphatic heterocycles. The van der Waals surface area contributed by atoms with E-state index in [9.17, 15) is 8.78 Å². The molecule has 18 heavy (non-hydrogen) atoms. The van der Waals surface area contributed by atoms with Crippen LogP contribution >= 0.6 is 15.9 Å². The molecule has 2 nitrogen and oxygen atoms in total. The van der Waals surface area contributed by atoms with Crippen molar-refractivity contribution in [2.24, 2.45) is 0 Å². The normalized spacial score (nSPS) is 11.1. The van der Waals surface area contributed by atoms with E-state index in [-0.39, 0.29) is 5.56 Å². The van der Waals surface area contributed by atoms with Crippen molar-refractivity contribution in [2.45, 2.75) is 0 Å². The minimum absolute atomic E-state index is 0.195. The molecule has 0 saturated heterocycles. The van der Waals surface area contributed by atoms with E-state index in [0.29, 0.717) is 11.3 Å². The average molecular weight is 309 g/mol. The Hall–Kier alpha value is -1.75. The number of fused-ring (bicyclic) bond motifs is 1. The first-order valence-electron chi connectivity index (χ1n) is 5.24. The highest BCUT2D eigenvalue weighted by Gasteiger charge is 2.14. The quantitative estimate of drug-likeness (QED) is 0.663. The fourth-order valence-corrected chi connectivity index (χ4v) is 2.32. The number of hydrogen-bond acceptors (Lipinski definition) is 1. The molecule has 90 valence electrons. The van der Waals surface area contributed by atoms with Crippen LogP contribution in [-0.4, -0.2) is 9.38 Å². The number of hydrogen-bond donors (Lipinski definition) is 0. The van der Waals surface area contributed by atoms with E-state index < -0.39 is 11.6 Å². The molecule has 0 bridgehead atoms. The summed E-state index contributed by atoms with van der Waals surface area (Å²) in [5, 5.41) is 0. The summed E-state index contributed by atoms with van der Waals surface area (Å²) in [6.07, 6.45) is 3.28. The maximum absolute atomic E-state index is 13.8. The van der Waals surface area contributed by atoms with E-state index >= 15 is 0 Å². The van der Waals surface area contributed by atoms with Crippen LogP contribution in [0.1, 0.15) is 0 Å². The highest BCUT2D eigenvalue weighted by molar-refractivity contribution is 9.10. The third kappa shape index (κ3) is 1.62. The second kappa shape index (κ2) is 4.17. The minimum Gasteiger partial charge on any atom is -0.299 e. The van der Waals surface area contributed by atoms with Gasteiger partial charge < -0.3 is 0 Å². The summed E-state index contributed by atoms with van der Waals surface area (Å²) >= 11 is 3.36. The van der Waals surface area contributed by atoms with Gasteiger partial charge in [0.2, 0.25) is 0 Å². The van der Waals surface area contributed by atoms with Crippen molar-refractivity contribution in [3.05, 3.63) is 58.8 Å². The molecule has 3 rings (SSSR count). The van der Waals surface area contributed by atoms with Crippen LogP contribution < -0.4 is 0 Å². The van der Waals surface area contributed by atoms with Crippen LogP contribution in [-0.2, 0) is 0 Å². The minimum atomic E-state index is -0.863. The lowest BCUT2D eigenvalue weighted by atomic mass is 10.1. The van der Waals surface area contributed by atoms with Gasteiger partial charge in [-0.05, 0) is 40.2 Å². The zero-order chi connectivity index (χ0) is 12.7. The van der Waals surface area contributed by atoms with E-state index in [0.717, 1.165) is 10.5 Å². The van der Waals surface area contributed by atoms with Gasteiger partial charge >= 0.3 is 0 Å². The summed E-state index contributed by atoms with van der Waals surface area (Å²) in [7, 11) is 0. The fraction of sp³-hybridized carbons (Fsp3) is 0. The Morgan fingerprint density at radius 1 is 1.11 bits per heavy atom. The van der Waals surface area contributed by atoms with Crippen LogP contribution in [0, 0.1) is 11.6 Å². The molecule has 0 spiro atoms. The van der Waals surface area contributed by atoms with Crippen molar-refractivity contribution >= 4 is 21.6 Å². The number of halogens is 3. The monoisotopic (exact) mass is 308 g/mol. The summed E-state index contributed by atoms with van der Waals surface area (Å²) in [6.45, 7) is 0. The molecule has 1 aromatic carbocycles. The Morgan fingerprint density at radius 2 is 1.94 bits per heavy atom. The molecule has 0 radical (unpaired) electrons. The van der Waals surface area contributed by atoms with Crippen molar-refractivity contribution in [1.82, 2.24) is 9.38 Å². The van der Waals surface area contributed by atoms with Gasteiger partial charge in [-0.2, -0.15) is 0 Å². The lowest BCUT2D eigenvalue weighted by Crippen LogP contribution is -1.93. The zero-order valence-electron chi connectivity index (χ0n) is 9.07. The molecule has 2 aromatic heterocycles. The van der Waals surface area contributed by atoms with Crippen molar-refractivity contribution in [1.29, 1.82) is 0 Å².